The molecule has 5 saturated heterocycles. The third-order valence-electron chi connectivity index (χ3n) is 10.7. The molecule has 0 aromatic carbocycles. The van der Waals surface area contributed by atoms with Gasteiger partial charge >= 0.3 is 18.1 Å². The Morgan fingerprint density at radius 1 is 0.907 bits per heavy atom. The predicted octanol–water partition coefficient (Wildman–Crippen LogP) is 2.45. The van der Waals surface area contributed by atoms with Crippen LogP contribution in [0.15, 0.2) is 31.6 Å². The zero-order chi connectivity index (χ0) is 38.3. The summed E-state index contributed by atoms with van der Waals surface area (Å²) in [6.45, 7) is 5.03. The SMILES string of the molecule is CCC1OC(n2cc(C)c(=O)[nH]c2=O)CC1OP(=S)(OCC1OC(n2cc(C)c(=O)[nH]c2=O)CC1OP1OC[C@@H]2CCCN21)OCC1CCCN1C(C)=O. The highest BCUT2D eigenvalue weighted by molar-refractivity contribution is 8.07. The van der Waals surface area contributed by atoms with E-state index in [0.29, 0.717) is 36.7 Å². The van der Waals surface area contributed by atoms with E-state index in [-0.39, 0.29) is 38.0 Å². The maximum Gasteiger partial charge on any atom is 0.330 e. The quantitative estimate of drug-likeness (QED) is 0.280. The van der Waals surface area contributed by atoms with Crippen molar-refractivity contribution >= 4 is 33.0 Å². The minimum atomic E-state index is -3.64. The summed E-state index contributed by atoms with van der Waals surface area (Å²) in [7, 11) is -1.38. The number of fused-ring (bicyclic) bond motifs is 1. The van der Waals surface area contributed by atoms with Gasteiger partial charge in [0.05, 0.1) is 44.2 Å². The fourth-order valence-corrected chi connectivity index (χ4v) is 11.7. The number of hydrogen-bond acceptors (Lipinski definition) is 14. The molecule has 2 N–H and O–H groups in total. The molecule has 5 fully saturated rings. The van der Waals surface area contributed by atoms with Gasteiger partial charge in [-0.05, 0) is 57.8 Å². The van der Waals surface area contributed by atoms with Gasteiger partial charge in [0.1, 0.15) is 18.6 Å². The lowest BCUT2D eigenvalue weighted by atomic mass is 10.1. The third-order valence-corrected chi connectivity index (χ3v) is 14.8. The maximum atomic E-state index is 12.9. The molecule has 10 atom stereocenters. The van der Waals surface area contributed by atoms with Crippen molar-refractivity contribution in [2.24, 2.45) is 0 Å². The number of carbonyl (C=O) groups excluding carboxylic acids is 1. The van der Waals surface area contributed by atoms with Crippen LogP contribution >= 0.6 is 15.2 Å². The van der Waals surface area contributed by atoms with Crippen molar-refractivity contribution in [3.63, 3.8) is 0 Å². The number of aryl methyl sites for hydroxylation is 2. The third kappa shape index (κ3) is 8.47. The molecule has 0 saturated carbocycles. The monoisotopic (exact) mass is 814 g/mol. The number of nitrogens with one attached hydrogen (secondary N) is 2. The molecule has 0 radical (unpaired) electrons. The summed E-state index contributed by atoms with van der Waals surface area (Å²) in [5.74, 6) is -0.0644. The summed E-state index contributed by atoms with van der Waals surface area (Å²) >= 11 is 6.10. The Balaban J connectivity index is 1.13. The average molecular weight is 815 g/mol. The molecule has 9 unspecified atom stereocenters. The van der Waals surface area contributed by atoms with Crippen LogP contribution in [-0.2, 0) is 48.7 Å². The van der Waals surface area contributed by atoms with Crippen molar-refractivity contribution in [3.8, 4) is 0 Å². The fraction of sp³-hybridized carbons (Fsp3) is 0.727. The van der Waals surface area contributed by atoms with Crippen molar-refractivity contribution in [2.45, 2.75) is 122 Å². The number of aromatic amines is 2. The highest BCUT2D eigenvalue weighted by Gasteiger charge is 2.47. The Hall–Kier alpha value is -2.41. The average Bonchev–Trinajstić information content (AvgIpc) is 3.97. The lowest BCUT2D eigenvalue weighted by Crippen LogP contribution is -2.37. The molecule has 2 aromatic rings. The number of aromatic nitrogens is 4. The Labute approximate surface area is 317 Å². The number of ether oxygens (including phenoxy) is 2. The summed E-state index contributed by atoms with van der Waals surface area (Å²) in [6, 6.07) is 0.0787. The molecule has 1 amide bonds. The van der Waals surface area contributed by atoms with Crippen molar-refractivity contribution in [1.29, 1.82) is 0 Å². The van der Waals surface area contributed by atoms with Crippen molar-refractivity contribution < 1.29 is 36.9 Å². The fourth-order valence-electron chi connectivity index (χ4n) is 7.74. The highest BCUT2D eigenvalue weighted by atomic mass is 32.5. The number of hydrogen-bond donors (Lipinski definition) is 2. The maximum absolute atomic E-state index is 12.9. The Bertz CT molecular complexity index is 1990. The molecule has 5 aliphatic rings. The molecule has 0 bridgehead atoms. The molecular weight excluding hydrogens is 766 g/mol. The van der Waals surface area contributed by atoms with Gasteiger partial charge in [-0.15, -0.1) is 0 Å². The van der Waals surface area contributed by atoms with Gasteiger partial charge in [0.25, 0.3) is 19.6 Å². The second kappa shape index (κ2) is 16.6. The smallest absolute Gasteiger partial charge is 0.330 e. The summed E-state index contributed by atoms with van der Waals surface area (Å²) in [5, 5.41) is 0. The van der Waals surface area contributed by atoms with Crippen molar-refractivity contribution in [1.82, 2.24) is 28.7 Å². The highest BCUT2D eigenvalue weighted by Crippen LogP contribution is 2.57. The van der Waals surface area contributed by atoms with Crippen LogP contribution in [0.25, 0.3) is 0 Å². The molecule has 18 nitrogen and oxygen atoms in total. The number of likely N-dealkylation sites (tertiary alicyclic amines) is 1. The number of carbonyl (C=O) groups is 1. The molecule has 5 aliphatic heterocycles. The van der Waals surface area contributed by atoms with Crippen LogP contribution in [0.4, 0.5) is 0 Å². The van der Waals surface area contributed by atoms with E-state index >= 15 is 0 Å². The van der Waals surface area contributed by atoms with Crippen LogP contribution in [0, 0.1) is 13.8 Å². The number of nitrogens with zero attached hydrogens (tertiary/aromatic N) is 4. The van der Waals surface area contributed by atoms with Gasteiger partial charge in [0, 0.05) is 62.4 Å². The first kappa shape index (κ1) is 39.8. The van der Waals surface area contributed by atoms with E-state index in [0.717, 1.165) is 32.2 Å². The Kier molecular flexibility index (Phi) is 12.2. The van der Waals surface area contributed by atoms with Crippen molar-refractivity contribution in [3.05, 3.63) is 65.2 Å². The Morgan fingerprint density at radius 2 is 1.52 bits per heavy atom. The lowest BCUT2D eigenvalue weighted by molar-refractivity contribution is -0.130. The van der Waals surface area contributed by atoms with Crippen LogP contribution in [0.2, 0.25) is 0 Å². The number of H-pyrrole nitrogens is 2. The summed E-state index contributed by atoms with van der Waals surface area (Å²) < 4.78 is 49.8. The van der Waals surface area contributed by atoms with Gasteiger partial charge in [0.2, 0.25) is 5.91 Å². The lowest BCUT2D eigenvalue weighted by Gasteiger charge is -2.31. The van der Waals surface area contributed by atoms with Gasteiger partial charge in [0.15, 0.2) is 0 Å². The molecule has 0 aliphatic carbocycles. The van der Waals surface area contributed by atoms with Crippen LogP contribution in [0.5, 0.6) is 0 Å². The summed E-state index contributed by atoms with van der Waals surface area (Å²) in [5.41, 5.74) is -1.46. The van der Waals surface area contributed by atoms with Crippen LogP contribution in [0.3, 0.4) is 0 Å². The normalized spacial score (nSPS) is 32.4. The van der Waals surface area contributed by atoms with E-state index in [1.54, 1.807) is 18.7 Å². The second-order valence-corrected chi connectivity index (χ2v) is 18.8. The van der Waals surface area contributed by atoms with E-state index < -0.39 is 74.6 Å². The molecule has 7 rings (SSSR count). The van der Waals surface area contributed by atoms with Gasteiger partial charge in [-0.3, -0.25) is 33.5 Å². The van der Waals surface area contributed by atoms with Crippen molar-refractivity contribution in [2.75, 3.05) is 32.9 Å². The molecule has 7 heterocycles. The summed E-state index contributed by atoms with van der Waals surface area (Å²) in [4.78, 5) is 68.7. The van der Waals surface area contributed by atoms with Gasteiger partial charge < -0.3 is 37.0 Å². The van der Waals surface area contributed by atoms with Crippen LogP contribution in [0.1, 0.15) is 82.4 Å². The minimum absolute atomic E-state index is 0.0644. The molecule has 54 heavy (non-hydrogen) atoms. The predicted molar refractivity (Wildman–Crippen MR) is 198 cm³/mol. The minimum Gasteiger partial charge on any atom is -0.352 e. The number of rotatable bonds is 13. The van der Waals surface area contributed by atoms with Crippen LogP contribution < -0.4 is 22.5 Å². The van der Waals surface area contributed by atoms with E-state index in [9.17, 15) is 24.0 Å². The molecule has 2 aromatic heterocycles. The standard InChI is InChI=1S/C33H48N6O12P2S/c1-5-24-26(13-29(48-24)38-15-20(3)31(42)35-33(38)44)51-53(54,46-17-22-8-6-10-36(22)21(4)40)47-18-27-25(50-52-39-11-7-9-23(39)16-45-52)12-28(49-27)37-14-19(2)30(41)34-32(37)43/h14-15,22-29H,5-13,16-18H2,1-4H3,(H,34,41,43)(H,35,42,44)/t22?,23-,24?,25?,26?,27?,28?,29?,52?,53?/m0/s1. The zero-order valence-corrected chi connectivity index (χ0v) is 33.4. The first-order chi connectivity index (χ1) is 25.8. The van der Waals surface area contributed by atoms with E-state index in [1.165, 1.54) is 28.5 Å². The van der Waals surface area contributed by atoms with E-state index in [4.69, 9.17) is 43.9 Å². The molecule has 298 valence electrons. The van der Waals surface area contributed by atoms with Crippen LogP contribution in [-0.4, -0.2) is 104 Å². The van der Waals surface area contributed by atoms with Gasteiger partial charge in [-0.1, -0.05) is 6.92 Å². The molecule has 21 heteroatoms. The zero-order valence-electron chi connectivity index (χ0n) is 30.7. The van der Waals surface area contributed by atoms with Gasteiger partial charge in [-0.25, -0.2) is 14.3 Å². The van der Waals surface area contributed by atoms with E-state index in [1.807, 2.05) is 6.92 Å². The first-order valence-corrected chi connectivity index (χ1v) is 22.2. The molecule has 0 spiro atoms. The Morgan fingerprint density at radius 3 is 2.17 bits per heavy atom. The summed E-state index contributed by atoms with van der Waals surface area (Å²) in [6.07, 6.45) is 3.60. The van der Waals surface area contributed by atoms with E-state index in [2.05, 4.69) is 14.6 Å². The molecular formula is C33H48N6O12P2S. The topological polar surface area (TPSA) is 198 Å². The second-order valence-electron chi connectivity index (χ2n) is 14.4. The van der Waals surface area contributed by atoms with Gasteiger partial charge in [-0.2, -0.15) is 0 Å². The first-order valence-electron chi connectivity index (χ1n) is 18.5. The largest absolute Gasteiger partial charge is 0.352 e. The number of amides is 1.